The third-order valence-corrected chi connectivity index (χ3v) is 5.34. The number of benzene rings is 2. The highest BCUT2D eigenvalue weighted by Gasteiger charge is 2.26. The number of methoxy groups -OCH3 is 1. The van der Waals surface area contributed by atoms with Gasteiger partial charge in [0.2, 0.25) is 0 Å². The average molecular weight is 476 g/mol. The Hall–Kier alpha value is -4.51. The second kappa shape index (κ2) is 10.2. The number of carbonyl (C=O) groups is 1. The number of nitrogen functional groups attached to an aromatic ring is 1. The zero-order chi connectivity index (χ0) is 24.9. The molecule has 0 aliphatic carbocycles. The lowest BCUT2D eigenvalue weighted by Gasteiger charge is -2.25. The van der Waals surface area contributed by atoms with Gasteiger partial charge in [-0.3, -0.25) is 24.0 Å². The Bertz CT molecular complexity index is 1440. The van der Waals surface area contributed by atoms with Crippen LogP contribution >= 0.6 is 0 Å². The number of aromatic amines is 1. The molecule has 0 radical (unpaired) electrons. The van der Waals surface area contributed by atoms with Crippen LogP contribution in [0, 0.1) is 6.92 Å². The number of aryl methyl sites for hydroxylation is 1. The molecule has 0 unspecified atom stereocenters. The first-order chi connectivity index (χ1) is 16.9. The van der Waals surface area contributed by atoms with Crippen LogP contribution in [0.15, 0.2) is 68.7 Å². The summed E-state index contributed by atoms with van der Waals surface area (Å²) in [5.74, 6) is 0.218. The predicted molar refractivity (Wildman–Crippen MR) is 129 cm³/mol. The van der Waals surface area contributed by atoms with Crippen molar-refractivity contribution in [2.45, 2.75) is 20.0 Å². The molecule has 0 saturated carbocycles. The van der Waals surface area contributed by atoms with Gasteiger partial charge in [-0.15, -0.1) is 0 Å². The van der Waals surface area contributed by atoms with E-state index in [1.54, 1.807) is 31.2 Å². The molecule has 0 atom stereocenters. The van der Waals surface area contributed by atoms with Crippen LogP contribution in [0.2, 0.25) is 0 Å². The molecule has 0 aliphatic heterocycles. The molecule has 0 bridgehead atoms. The molecule has 4 rings (SSSR count). The van der Waals surface area contributed by atoms with E-state index in [-0.39, 0.29) is 31.2 Å². The monoisotopic (exact) mass is 476 g/mol. The summed E-state index contributed by atoms with van der Waals surface area (Å²) in [4.78, 5) is 46.6. The molecule has 11 nitrogen and oxygen atoms in total. The molecule has 35 heavy (non-hydrogen) atoms. The van der Waals surface area contributed by atoms with E-state index in [1.807, 2.05) is 30.3 Å². The number of nitrogens with one attached hydrogen (secondary N) is 1. The van der Waals surface area contributed by atoms with E-state index in [9.17, 15) is 14.4 Å². The number of rotatable bonds is 8. The maximum absolute atomic E-state index is 13.7. The summed E-state index contributed by atoms with van der Waals surface area (Å²) in [6.45, 7) is 2.07. The number of nitrogens with two attached hydrogens (primary N) is 1. The van der Waals surface area contributed by atoms with Gasteiger partial charge in [0, 0.05) is 18.2 Å². The van der Waals surface area contributed by atoms with Crippen LogP contribution < -0.4 is 21.9 Å². The van der Waals surface area contributed by atoms with Gasteiger partial charge in [0.05, 0.1) is 19.7 Å². The summed E-state index contributed by atoms with van der Waals surface area (Å²) < 4.78 is 11.4. The summed E-state index contributed by atoms with van der Waals surface area (Å²) in [7, 11) is 1.48. The average Bonchev–Trinajstić information content (AvgIpc) is 3.29. The molecule has 0 fully saturated rings. The summed E-state index contributed by atoms with van der Waals surface area (Å²) in [6.07, 6.45) is 0. The highest BCUT2D eigenvalue weighted by Crippen LogP contribution is 2.24. The van der Waals surface area contributed by atoms with E-state index < -0.39 is 17.2 Å². The van der Waals surface area contributed by atoms with Crippen molar-refractivity contribution in [3.05, 3.63) is 92.4 Å². The van der Waals surface area contributed by atoms with Crippen molar-refractivity contribution >= 4 is 17.4 Å². The number of hydrogen-bond donors (Lipinski definition) is 2. The highest BCUT2D eigenvalue weighted by atomic mass is 16.5. The third kappa shape index (κ3) is 5.04. The maximum atomic E-state index is 13.7. The maximum Gasteiger partial charge on any atom is 0.330 e. The molecule has 0 aliphatic rings. The first-order valence-electron chi connectivity index (χ1n) is 10.8. The number of ether oxygens (including phenoxy) is 1. The quantitative estimate of drug-likeness (QED) is 0.392. The Kier molecular flexibility index (Phi) is 6.88. The van der Waals surface area contributed by atoms with Crippen LogP contribution in [0.4, 0.5) is 11.5 Å². The SMILES string of the molecule is COCCn1c(N)c(N(Cc2ccccc2)C(=O)c2ccc(-c3nc(C)no3)cc2)c(=O)[nH]c1=O. The lowest BCUT2D eigenvalue weighted by Crippen LogP contribution is -2.41. The first-order valence-corrected chi connectivity index (χ1v) is 10.8. The Morgan fingerprint density at radius 2 is 1.86 bits per heavy atom. The molecule has 0 spiro atoms. The second-order valence-corrected chi connectivity index (χ2v) is 7.74. The largest absolute Gasteiger partial charge is 0.383 e. The first kappa shape index (κ1) is 23.6. The van der Waals surface area contributed by atoms with Crippen LogP contribution in [0.1, 0.15) is 21.7 Å². The van der Waals surface area contributed by atoms with E-state index in [4.69, 9.17) is 15.0 Å². The van der Waals surface area contributed by atoms with Crippen LogP contribution in [-0.2, 0) is 17.8 Å². The molecule has 11 heteroatoms. The van der Waals surface area contributed by atoms with Crippen molar-refractivity contribution in [2.24, 2.45) is 0 Å². The Morgan fingerprint density at radius 1 is 1.14 bits per heavy atom. The van der Waals surface area contributed by atoms with Gasteiger partial charge in [0.15, 0.2) is 11.5 Å². The summed E-state index contributed by atoms with van der Waals surface area (Å²) >= 11 is 0. The number of amides is 1. The fourth-order valence-corrected chi connectivity index (χ4v) is 3.59. The van der Waals surface area contributed by atoms with Gasteiger partial charge in [0.25, 0.3) is 17.4 Å². The number of nitrogens with zero attached hydrogens (tertiary/aromatic N) is 4. The van der Waals surface area contributed by atoms with Gasteiger partial charge in [-0.05, 0) is 36.8 Å². The molecule has 3 N–H and O–H groups in total. The van der Waals surface area contributed by atoms with E-state index in [2.05, 4.69) is 15.1 Å². The molecule has 2 heterocycles. The zero-order valence-corrected chi connectivity index (χ0v) is 19.2. The van der Waals surface area contributed by atoms with Crippen LogP contribution in [0.25, 0.3) is 11.5 Å². The van der Waals surface area contributed by atoms with Crippen LogP contribution in [0.5, 0.6) is 0 Å². The minimum atomic E-state index is -0.761. The zero-order valence-electron chi connectivity index (χ0n) is 19.2. The van der Waals surface area contributed by atoms with E-state index in [0.29, 0.717) is 22.8 Å². The molecular weight excluding hydrogens is 452 g/mol. The molecule has 180 valence electrons. The smallest absolute Gasteiger partial charge is 0.330 e. The molecular formula is C24H24N6O5. The van der Waals surface area contributed by atoms with Gasteiger partial charge in [0.1, 0.15) is 5.82 Å². The van der Waals surface area contributed by atoms with E-state index >= 15 is 0 Å². The Balaban J connectivity index is 1.77. The van der Waals surface area contributed by atoms with Crippen molar-refractivity contribution in [3.8, 4) is 11.5 Å². The molecule has 2 aromatic carbocycles. The third-order valence-electron chi connectivity index (χ3n) is 5.34. The molecule has 4 aromatic rings. The van der Waals surface area contributed by atoms with Crippen LogP contribution in [-0.4, -0.2) is 39.3 Å². The summed E-state index contributed by atoms with van der Waals surface area (Å²) in [5, 5.41) is 3.77. The van der Waals surface area contributed by atoms with Crippen molar-refractivity contribution in [3.63, 3.8) is 0 Å². The van der Waals surface area contributed by atoms with E-state index in [1.165, 1.54) is 16.6 Å². The molecule has 1 amide bonds. The van der Waals surface area contributed by atoms with Crippen molar-refractivity contribution in [1.29, 1.82) is 0 Å². The minimum absolute atomic E-state index is 0.0556. The van der Waals surface area contributed by atoms with Gasteiger partial charge in [-0.1, -0.05) is 35.5 Å². The van der Waals surface area contributed by atoms with Gasteiger partial charge in [-0.25, -0.2) is 4.79 Å². The van der Waals surface area contributed by atoms with Gasteiger partial charge in [-0.2, -0.15) is 4.98 Å². The van der Waals surface area contributed by atoms with Gasteiger partial charge >= 0.3 is 5.69 Å². The summed E-state index contributed by atoms with van der Waals surface area (Å²) in [5.41, 5.74) is 6.42. The lowest BCUT2D eigenvalue weighted by molar-refractivity contribution is 0.0984. The summed E-state index contributed by atoms with van der Waals surface area (Å²) in [6, 6.07) is 15.7. The topological polar surface area (TPSA) is 149 Å². The minimum Gasteiger partial charge on any atom is -0.383 e. The number of carbonyl (C=O) groups excluding carboxylic acids is 1. The van der Waals surface area contributed by atoms with E-state index in [0.717, 1.165) is 5.56 Å². The standard InChI is InChI=1S/C24H24N6O5/c1-15-26-22(35-28-15)17-8-10-18(11-9-17)23(32)30(14-16-6-4-3-5-7-16)19-20(25)29(12-13-34-2)24(33)27-21(19)31/h3-11H,12-14,25H2,1-2H3,(H,27,31,33). The Morgan fingerprint density at radius 3 is 2.49 bits per heavy atom. The normalized spacial score (nSPS) is 10.9. The van der Waals surface area contributed by atoms with Crippen LogP contribution in [0.3, 0.4) is 0 Å². The fourth-order valence-electron chi connectivity index (χ4n) is 3.59. The predicted octanol–water partition coefficient (Wildman–Crippen LogP) is 1.97. The Labute approximate surface area is 199 Å². The highest BCUT2D eigenvalue weighted by molar-refractivity contribution is 6.07. The molecule has 0 saturated heterocycles. The number of aromatic nitrogens is 4. The van der Waals surface area contributed by atoms with Gasteiger partial charge < -0.3 is 15.0 Å². The fraction of sp³-hybridized carbons (Fsp3) is 0.208. The van der Waals surface area contributed by atoms with Crippen molar-refractivity contribution < 1.29 is 14.1 Å². The lowest BCUT2D eigenvalue weighted by atomic mass is 10.1. The van der Waals surface area contributed by atoms with Crippen molar-refractivity contribution in [1.82, 2.24) is 19.7 Å². The number of hydrogen-bond acceptors (Lipinski definition) is 8. The number of H-pyrrole nitrogens is 1. The van der Waals surface area contributed by atoms with Crippen molar-refractivity contribution in [2.75, 3.05) is 24.4 Å². The molecule has 2 aromatic heterocycles. The number of anilines is 2. The second-order valence-electron chi connectivity index (χ2n) is 7.74.